The van der Waals surface area contributed by atoms with Crippen LogP contribution in [0.2, 0.25) is 0 Å². The van der Waals surface area contributed by atoms with Gasteiger partial charge in [0.1, 0.15) is 0 Å². The highest BCUT2D eigenvalue weighted by Crippen LogP contribution is 2.16. The summed E-state index contributed by atoms with van der Waals surface area (Å²) in [7, 11) is 5.31. The SMILES string of the molecule is CN=C(NCCCCCOC)N1CCC(COCCOC)C1. The lowest BCUT2D eigenvalue weighted by Gasteiger charge is -2.21. The minimum Gasteiger partial charge on any atom is -0.385 e. The summed E-state index contributed by atoms with van der Waals surface area (Å²) in [6, 6.07) is 0. The van der Waals surface area contributed by atoms with Gasteiger partial charge in [0, 0.05) is 53.4 Å². The maximum atomic E-state index is 5.63. The van der Waals surface area contributed by atoms with Gasteiger partial charge in [-0.15, -0.1) is 0 Å². The molecule has 1 aliphatic rings. The fourth-order valence-electron chi connectivity index (χ4n) is 2.63. The number of hydrogen-bond acceptors (Lipinski definition) is 4. The van der Waals surface area contributed by atoms with Crippen molar-refractivity contribution in [3.63, 3.8) is 0 Å². The van der Waals surface area contributed by atoms with E-state index in [0.29, 0.717) is 19.1 Å². The first-order valence-corrected chi connectivity index (χ1v) is 8.33. The van der Waals surface area contributed by atoms with Gasteiger partial charge in [0.25, 0.3) is 0 Å². The van der Waals surface area contributed by atoms with Crippen molar-refractivity contribution in [3.8, 4) is 0 Å². The Balaban J connectivity index is 2.14. The van der Waals surface area contributed by atoms with Gasteiger partial charge < -0.3 is 24.4 Å². The summed E-state index contributed by atoms with van der Waals surface area (Å²) < 4.78 is 15.7. The van der Waals surface area contributed by atoms with Crippen LogP contribution in [0.25, 0.3) is 0 Å². The van der Waals surface area contributed by atoms with Gasteiger partial charge in [0.2, 0.25) is 0 Å². The molecule has 1 fully saturated rings. The predicted octanol–water partition coefficient (Wildman–Crippen LogP) is 1.36. The predicted molar refractivity (Wildman–Crippen MR) is 89.5 cm³/mol. The number of nitrogens with one attached hydrogen (secondary N) is 1. The van der Waals surface area contributed by atoms with E-state index in [-0.39, 0.29) is 0 Å². The van der Waals surface area contributed by atoms with E-state index in [1.165, 1.54) is 12.8 Å². The lowest BCUT2D eigenvalue weighted by molar-refractivity contribution is 0.0536. The topological polar surface area (TPSA) is 55.3 Å². The summed E-state index contributed by atoms with van der Waals surface area (Å²) in [5.41, 5.74) is 0. The molecule has 1 heterocycles. The van der Waals surface area contributed by atoms with Gasteiger partial charge in [-0.25, -0.2) is 0 Å². The quantitative estimate of drug-likeness (QED) is 0.354. The highest BCUT2D eigenvalue weighted by Gasteiger charge is 2.24. The first kappa shape index (κ1) is 19.2. The van der Waals surface area contributed by atoms with E-state index in [1.54, 1.807) is 14.2 Å². The third-order valence-electron chi connectivity index (χ3n) is 3.89. The number of likely N-dealkylation sites (tertiary alicyclic amines) is 1. The lowest BCUT2D eigenvalue weighted by Crippen LogP contribution is -2.40. The van der Waals surface area contributed by atoms with Crippen molar-refractivity contribution in [1.29, 1.82) is 0 Å². The number of rotatable bonds is 11. The molecule has 1 rings (SSSR count). The van der Waals surface area contributed by atoms with Crippen LogP contribution in [-0.2, 0) is 14.2 Å². The van der Waals surface area contributed by atoms with E-state index >= 15 is 0 Å². The van der Waals surface area contributed by atoms with E-state index in [0.717, 1.165) is 51.6 Å². The molecule has 22 heavy (non-hydrogen) atoms. The summed E-state index contributed by atoms with van der Waals surface area (Å²) in [6.07, 6.45) is 4.64. The van der Waals surface area contributed by atoms with Crippen LogP contribution in [0, 0.1) is 5.92 Å². The van der Waals surface area contributed by atoms with Crippen LogP contribution < -0.4 is 5.32 Å². The normalized spacial score (nSPS) is 19.0. The fourth-order valence-corrected chi connectivity index (χ4v) is 2.63. The molecule has 1 unspecified atom stereocenters. The third kappa shape index (κ3) is 7.96. The summed E-state index contributed by atoms with van der Waals surface area (Å²) >= 11 is 0. The lowest BCUT2D eigenvalue weighted by atomic mass is 10.1. The van der Waals surface area contributed by atoms with E-state index in [9.17, 15) is 0 Å². The molecule has 1 aliphatic heterocycles. The summed E-state index contributed by atoms with van der Waals surface area (Å²) in [4.78, 5) is 6.73. The zero-order chi connectivity index (χ0) is 16.0. The summed E-state index contributed by atoms with van der Waals surface area (Å²) in [6.45, 7) is 6.07. The Morgan fingerprint density at radius 1 is 1.14 bits per heavy atom. The number of unbranched alkanes of at least 4 members (excludes halogenated alkanes) is 2. The second kappa shape index (κ2) is 12.7. The van der Waals surface area contributed by atoms with Crippen LogP contribution in [0.4, 0.5) is 0 Å². The Morgan fingerprint density at radius 2 is 1.95 bits per heavy atom. The largest absolute Gasteiger partial charge is 0.385 e. The molecule has 0 aromatic carbocycles. The zero-order valence-electron chi connectivity index (χ0n) is 14.5. The van der Waals surface area contributed by atoms with Crippen molar-refractivity contribution in [1.82, 2.24) is 10.2 Å². The van der Waals surface area contributed by atoms with Gasteiger partial charge in [-0.3, -0.25) is 4.99 Å². The first-order valence-electron chi connectivity index (χ1n) is 8.33. The smallest absolute Gasteiger partial charge is 0.193 e. The molecule has 0 saturated carbocycles. The molecule has 0 aromatic rings. The Bertz CT molecular complexity index is 300. The third-order valence-corrected chi connectivity index (χ3v) is 3.89. The minimum atomic E-state index is 0.595. The maximum Gasteiger partial charge on any atom is 0.193 e. The number of methoxy groups -OCH3 is 2. The van der Waals surface area contributed by atoms with Crippen molar-refractivity contribution >= 4 is 5.96 Å². The maximum absolute atomic E-state index is 5.63. The minimum absolute atomic E-state index is 0.595. The van der Waals surface area contributed by atoms with Crippen molar-refractivity contribution in [3.05, 3.63) is 0 Å². The highest BCUT2D eigenvalue weighted by atomic mass is 16.5. The number of ether oxygens (including phenoxy) is 3. The Morgan fingerprint density at radius 3 is 2.68 bits per heavy atom. The molecule has 6 nitrogen and oxygen atoms in total. The molecular formula is C16H33N3O3. The molecule has 0 radical (unpaired) electrons. The van der Waals surface area contributed by atoms with Gasteiger partial charge in [-0.05, 0) is 25.7 Å². The van der Waals surface area contributed by atoms with Gasteiger partial charge in [-0.1, -0.05) is 0 Å². The van der Waals surface area contributed by atoms with Crippen LogP contribution in [0.3, 0.4) is 0 Å². The number of nitrogens with zero attached hydrogens (tertiary/aromatic N) is 2. The average Bonchev–Trinajstić information content (AvgIpc) is 3.00. The van der Waals surface area contributed by atoms with Gasteiger partial charge in [0.05, 0.1) is 19.8 Å². The fraction of sp³-hybridized carbons (Fsp3) is 0.938. The Hall–Kier alpha value is -0.850. The van der Waals surface area contributed by atoms with Crippen molar-refractivity contribution < 1.29 is 14.2 Å². The second-order valence-corrected chi connectivity index (χ2v) is 5.70. The van der Waals surface area contributed by atoms with Crippen LogP contribution in [0.15, 0.2) is 4.99 Å². The molecule has 130 valence electrons. The Kier molecular flexibility index (Phi) is 11.1. The molecular weight excluding hydrogens is 282 g/mol. The second-order valence-electron chi connectivity index (χ2n) is 5.70. The van der Waals surface area contributed by atoms with Crippen LogP contribution in [0.1, 0.15) is 25.7 Å². The van der Waals surface area contributed by atoms with Crippen molar-refractivity contribution in [2.24, 2.45) is 10.9 Å². The van der Waals surface area contributed by atoms with Crippen LogP contribution >= 0.6 is 0 Å². The molecule has 1 saturated heterocycles. The number of aliphatic imine (C=N–C) groups is 1. The number of hydrogen-bond donors (Lipinski definition) is 1. The van der Waals surface area contributed by atoms with E-state index < -0.39 is 0 Å². The van der Waals surface area contributed by atoms with E-state index in [2.05, 4.69) is 15.2 Å². The first-order chi connectivity index (χ1) is 10.8. The molecule has 1 atom stereocenters. The van der Waals surface area contributed by atoms with Crippen molar-refractivity contribution in [2.45, 2.75) is 25.7 Å². The van der Waals surface area contributed by atoms with Crippen LogP contribution in [-0.4, -0.2) is 78.2 Å². The summed E-state index contributed by atoms with van der Waals surface area (Å²) in [5.74, 6) is 1.61. The molecule has 0 aromatic heterocycles. The molecule has 1 N–H and O–H groups in total. The van der Waals surface area contributed by atoms with E-state index in [4.69, 9.17) is 14.2 Å². The van der Waals surface area contributed by atoms with Gasteiger partial charge in [-0.2, -0.15) is 0 Å². The Labute approximate surface area is 135 Å². The monoisotopic (exact) mass is 315 g/mol. The molecule has 0 bridgehead atoms. The number of guanidine groups is 1. The van der Waals surface area contributed by atoms with Crippen LogP contribution in [0.5, 0.6) is 0 Å². The molecule has 0 spiro atoms. The van der Waals surface area contributed by atoms with E-state index in [1.807, 2.05) is 7.05 Å². The highest BCUT2D eigenvalue weighted by molar-refractivity contribution is 5.80. The van der Waals surface area contributed by atoms with Gasteiger partial charge in [0.15, 0.2) is 5.96 Å². The summed E-state index contributed by atoms with van der Waals surface area (Å²) in [5, 5.41) is 3.46. The molecule has 0 amide bonds. The van der Waals surface area contributed by atoms with Gasteiger partial charge >= 0.3 is 0 Å². The van der Waals surface area contributed by atoms with Crippen molar-refractivity contribution in [2.75, 3.05) is 67.3 Å². The standard InChI is InChI=1S/C16H33N3O3/c1-17-16(18-8-5-4-6-10-20-2)19-9-7-15(13-19)14-22-12-11-21-3/h15H,4-14H2,1-3H3,(H,17,18). The average molecular weight is 315 g/mol. The molecule has 6 heteroatoms. The molecule has 0 aliphatic carbocycles. The zero-order valence-corrected chi connectivity index (χ0v) is 14.5.